The van der Waals surface area contributed by atoms with Crippen LogP contribution in [-0.4, -0.2) is 20.5 Å². The zero-order valence-corrected chi connectivity index (χ0v) is 14.4. The van der Waals surface area contributed by atoms with Crippen LogP contribution < -0.4 is 9.46 Å². The standard InChI is InChI=1S/C17H18N2O5S/c1-24-16-10-9-14(11-15(16)19(20)21)25(22,23)18-17(13-7-8-13)12-5-3-2-4-6-12/h2-6,9-11,13,17-18H,7-8H2,1H3/t17-/m0/s1. The number of nitro groups is 1. The molecule has 7 nitrogen and oxygen atoms in total. The van der Waals surface area contributed by atoms with Crippen LogP contribution in [0.4, 0.5) is 5.69 Å². The third kappa shape index (κ3) is 3.80. The molecule has 0 spiro atoms. The molecule has 2 aromatic rings. The largest absolute Gasteiger partial charge is 0.490 e. The Kier molecular flexibility index (Phi) is 4.73. The number of nitrogens with one attached hydrogen (secondary N) is 1. The van der Waals surface area contributed by atoms with Gasteiger partial charge in [0.25, 0.3) is 0 Å². The molecule has 0 heterocycles. The Hall–Kier alpha value is -2.45. The Labute approximate surface area is 145 Å². The molecule has 1 atom stereocenters. The molecule has 1 fully saturated rings. The van der Waals surface area contributed by atoms with E-state index in [2.05, 4.69) is 4.72 Å². The molecule has 25 heavy (non-hydrogen) atoms. The summed E-state index contributed by atoms with van der Waals surface area (Å²) in [5, 5.41) is 11.1. The number of hydrogen-bond donors (Lipinski definition) is 1. The SMILES string of the molecule is COc1ccc(S(=O)(=O)N[C@@H](c2ccccc2)C2CC2)cc1[N+](=O)[O-]. The fourth-order valence-electron chi connectivity index (χ4n) is 2.74. The molecule has 1 aliphatic rings. The number of hydrogen-bond acceptors (Lipinski definition) is 5. The van der Waals surface area contributed by atoms with Crippen molar-refractivity contribution in [1.82, 2.24) is 4.72 Å². The average Bonchev–Trinajstić information content (AvgIpc) is 3.44. The molecule has 0 aromatic heterocycles. The van der Waals surface area contributed by atoms with Crippen LogP contribution in [0.2, 0.25) is 0 Å². The van der Waals surface area contributed by atoms with Crippen molar-refractivity contribution in [1.29, 1.82) is 0 Å². The monoisotopic (exact) mass is 362 g/mol. The Morgan fingerprint density at radius 3 is 2.44 bits per heavy atom. The van der Waals surface area contributed by atoms with Gasteiger partial charge >= 0.3 is 5.69 Å². The van der Waals surface area contributed by atoms with Gasteiger partial charge in [0.1, 0.15) is 0 Å². The predicted molar refractivity (Wildman–Crippen MR) is 91.9 cm³/mol. The number of nitro benzene ring substituents is 1. The van der Waals surface area contributed by atoms with Crippen LogP contribution in [0.15, 0.2) is 53.4 Å². The quantitative estimate of drug-likeness (QED) is 0.603. The van der Waals surface area contributed by atoms with Gasteiger partial charge in [-0.15, -0.1) is 0 Å². The third-order valence-corrected chi connectivity index (χ3v) is 5.63. The van der Waals surface area contributed by atoms with Crippen LogP contribution in [-0.2, 0) is 10.0 Å². The van der Waals surface area contributed by atoms with Gasteiger partial charge in [0.2, 0.25) is 10.0 Å². The summed E-state index contributed by atoms with van der Waals surface area (Å²) >= 11 is 0. The zero-order chi connectivity index (χ0) is 18.0. The van der Waals surface area contributed by atoms with Gasteiger partial charge in [0.05, 0.1) is 16.9 Å². The Morgan fingerprint density at radius 2 is 1.88 bits per heavy atom. The minimum atomic E-state index is -3.90. The molecule has 2 aromatic carbocycles. The number of methoxy groups -OCH3 is 1. The van der Waals surface area contributed by atoms with Gasteiger partial charge in [-0.2, -0.15) is 0 Å². The molecule has 0 bridgehead atoms. The summed E-state index contributed by atoms with van der Waals surface area (Å²) in [5.74, 6) is 0.260. The van der Waals surface area contributed by atoms with Crippen molar-refractivity contribution >= 4 is 15.7 Å². The summed E-state index contributed by atoms with van der Waals surface area (Å²) in [6.45, 7) is 0. The number of sulfonamides is 1. The first kappa shape index (κ1) is 17.4. The van der Waals surface area contributed by atoms with Crippen molar-refractivity contribution in [2.45, 2.75) is 23.8 Å². The van der Waals surface area contributed by atoms with Gasteiger partial charge in [0.15, 0.2) is 5.75 Å². The van der Waals surface area contributed by atoms with Gasteiger partial charge in [-0.25, -0.2) is 13.1 Å². The molecule has 8 heteroatoms. The van der Waals surface area contributed by atoms with Crippen molar-refractivity contribution < 1.29 is 18.1 Å². The summed E-state index contributed by atoms with van der Waals surface area (Å²) in [4.78, 5) is 10.3. The minimum Gasteiger partial charge on any atom is -0.490 e. The smallest absolute Gasteiger partial charge is 0.312 e. The van der Waals surface area contributed by atoms with Gasteiger partial charge < -0.3 is 4.74 Å². The van der Waals surface area contributed by atoms with E-state index in [9.17, 15) is 18.5 Å². The Balaban J connectivity index is 1.93. The maximum atomic E-state index is 12.7. The molecule has 132 valence electrons. The van der Waals surface area contributed by atoms with Crippen LogP contribution >= 0.6 is 0 Å². The highest BCUT2D eigenvalue weighted by molar-refractivity contribution is 7.89. The highest BCUT2D eigenvalue weighted by atomic mass is 32.2. The summed E-state index contributed by atoms with van der Waals surface area (Å²) in [7, 11) is -2.60. The summed E-state index contributed by atoms with van der Waals surface area (Å²) in [6, 6.07) is 12.6. The van der Waals surface area contributed by atoms with E-state index in [4.69, 9.17) is 4.74 Å². The number of benzene rings is 2. The van der Waals surface area contributed by atoms with Crippen LogP contribution in [0.25, 0.3) is 0 Å². The molecule has 0 aliphatic heterocycles. The van der Waals surface area contributed by atoms with Crippen molar-refractivity contribution in [3.63, 3.8) is 0 Å². The first-order chi connectivity index (χ1) is 11.9. The second kappa shape index (κ2) is 6.81. The van der Waals surface area contributed by atoms with E-state index >= 15 is 0 Å². The molecule has 1 N–H and O–H groups in total. The first-order valence-corrected chi connectivity index (χ1v) is 9.30. The van der Waals surface area contributed by atoms with Crippen molar-refractivity contribution in [2.24, 2.45) is 5.92 Å². The fraction of sp³-hybridized carbons (Fsp3) is 0.294. The molecule has 0 unspecified atom stereocenters. The summed E-state index contributed by atoms with van der Waals surface area (Å²) in [6.07, 6.45) is 1.90. The van der Waals surface area contributed by atoms with E-state index < -0.39 is 14.9 Å². The highest BCUT2D eigenvalue weighted by Gasteiger charge is 2.35. The Bertz CT molecular complexity index is 879. The van der Waals surface area contributed by atoms with E-state index in [-0.39, 0.29) is 28.3 Å². The molecule has 0 amide bonds. The topological polar surface area (TPSA) is 98.5 Å². The normalized spacial score (nSPS) is 15.6. The lowest BCUT2D eigenvalue weighted by atomic mass is 10.0. The maximum absolute atomic E-state index is 12.7. The Morgan fingerprint density at radius 1 is 1.20 bits per heavy atom. The second-order valence-electron chi connectivity index (χ2n) is 5.94. The molecular formula is C17H18N2O5S. The molecule has 3 rings (SSSR count). The zero-order valence-electron chi connectivity index (χ0n) is 13.6. The summed E-state index contributed by atoms with van der Waals surface area (Å²) in [5.41, 5.74) is 0.504. The van der Waals surface area contributed by atoms with Gasteiger partial charge in [-0.05, 0) is 36.5 Å². The summed E-state index contributed by atoms with van der Waals surface area (Å²) < 4.78 is 33.1. The molecule has 1 aliphatic carbocycles. The lowest BCUT2D eigenvalue weighted by molar-refractivity contribution is -0.386. The van der Waals surface area contributed by atoms with Crippen LogP contribution in [0.3, 0.4) is 0 Å². The van der Waals surface area contributed by atoms with Crippen molar-refractivity contribution in [3.05, 3.63) is 64.2 Å². The molecule has 1 saturated carbocycles. The van der Waals surface area contributed by atoms with E-state index in [1.807, 2.05) is 30.3 Å². The lowest BCUT2D eigenvalue weighted by Gasteiger charge is -2.19. The van der Waals surface area contributed by atoms with Gasteiger partial charge in [-0.3, -0.25) is 10.1 Å². The molecule has 0 radical (unpaired) electrons. The minimum absolute atomic E-state index is 0.0192. The van der Waals surface area contributed by atoms with Gasteiger partial charge in [0, 0.05) is 12.1 Å². The fourth-order valence-corrected chi connectivity index (χ4v) is 4.05. The van der Waals surface area contributed by atoms with Crippen molar-refractivity contribution in [3.8, 4) is 5.75 Å². The van der Waals surface area contributed by atoms with E-state index in [0.717, 1.165) is 24.5 Å². The third-order valence-electron chi connectivity index (χ3n) is 4.19. The predicted octanol–water partition coefficient (Wildman–Crippen LogP) is 3.03. The van der Waals surface area contributed by atoms with E-state index in [1.165, 1.54) is 19.2 Å². The number of ether oxygens (including phenoxy) is 1. The van der Waals surface area contributed by atoms with Crippen LogP contribution in [0.1, 0.15) is 24.4 Å². The lowest BCUT2D eigenvalue weighted by Crippen LogP contribution is -2.30. The highest BCUT2D eigenvalue weighted by Crippen LogP contribution is 2.42. The van der Waals surface area contributed by atoms with E-state index in [0.29, 0.717) is 0 Å². The van der Waals surface area contributed by atoms with Crippen LogP contribution in [0, 0.1) is 16.0 Å². The number of rotatable bonds is 7. The van der Waals surface area contributed by atoms with Gasteiger partial charge in [-0.1, -0.05) is 30.3 Å². The average molecular weight is 362 g/mol. The number of nitrogens with zero attached hydrogens (tertiary/aromatic N) is 1. The van der Waals surface area contributed by atoms with E-state index in [1.54, 1.807) is 0 Å². The van der Waals surface area contributed by atoms with Crippen molar-refractivity contribution in [2.75, 3.05) is 7.11 Å². The second-order valence-corrected chi connectivity index (χ2v) is 7.65. The maximum Gasteiger partial charge on any atom is 0.312 e. The molecule has 0 saturated heterocycles. The first-order valence-electron chi connectivity index (χ1n) is 7.82. The van der Waals surface area contributed by atoms with Crippen LogP contribution in [0.5, 0.6) is 5.75 Å². The molecular weight excluding hydrogens is 344 g/mol.